The second-order valence-corrected chi connectivity index (χ2v) is 6.03. The van der Waals surface area contributed by atoms with Crippen LogP contribution in [0.25, 0.3) is 0 Å². The molecule has 1 aliphatic carbocycles. The lowest BCUT2D eigenvalue weighted by Crippen LogP contribution is -2.54. The Kier molecular flexibility index (Phi) is 4.97. The Hall–Kier alpha value is -0.900. The van der Waals surface area contributed by atoms with E-state index in [1.807, 2.05) is 6.92 Å². The van der Waals surface area contributed by atoms with Crippen LogP contribution in [0.4, 0.5) is 0 Å². The van der Waals surface area contributed by atoms with Crippen molar-refractivity contribution in [3.05, 3.63) is 0 Å². The van der Waals surface area contributed by atoms with E-state index in [1.54, 1.807) is 6.92 Å². The second-order valence-electron chi connectivity index (χ2n) is 6.03. The van der Waals surface area contributed by atoms with Crippen LogP contribution in [0.5, 0.6) is 0 Å². The van der Waals surface area contributed by atoms with Crippen molar-refractivity contribution in [1.29, 1.82) is 0 Å². The number of rotatable bonds is 4. The van der Waals surface area contributed by atoms with Gasteiger partial charge in [-0.2, -0.15) is 0 Å². The van der Waals surface area contributed by atoms with E-state index in [2.05, 4.69) is 10.2 Å². The molecule has 0 bridgehead atoms. The molecule has 4 nitrogen and oxygen atoms in total. The van der Waals surface area contributed by atoms with Crippen LogP contribution in [0, 0.1) is 0 Å². The average molecular weight is 266 g/mol. The third-order valence-corrected chi connectivity index (χ3v) is 4.59. The number of carbonyl (C=O) groups excluding carboxylic acids is 2. The van der Waals surface area contributed by atoms with E-state index >= 15 is 0 Å². The molecule has 2 rings (SSSR count). The first-order valence-corrected chi connectivity index (χ1v) is 7.66. The minimum Gasteiger partial charge on any atom is -0.352 e. The van der Waals surface area contributed by atoms with Gasteiger partial charge in [0.15, 0.2) is 0 Å². The normalized spacial score (nSPS) is 27.2. The van der Waals surface area contributed by atoms with Gasteiger partial charge < -0.3 is 5.32 Å². The Morgan fingerprint density at radius 2 is 1.74 bits per heavy atom. The van der Waals surface area contributed by atoms with Crippen molar-refractivity contribution in [2.45, 2.75) is 76.9 Å². The highest BCUT2D eigenvalue weighted by Gasteiger charge is 2.33. The van der Waals surface area contributed by atoms with Gasteiger partial charge in [0.05, 0.1) is 12.1 Å². The monoisotopic (exact) mass is 266 g/mol. The molecular weight excluding hydrogens is 240 g/mol. The minimum absolute atomic E-state index is 0.0573. The predicted octanol–water partition coefficient (Wildman–Crippen LogP) is 1.88. The van der Waals surface area contributed by atoms with Crippen molar-refractivity contribution in [2.75, 3.05) is 6.54 Å². The number of hydrogen-bond acceptors (Lipinski definition) is 3. The van der Waals surface area contributed by atoms with Crippen molar-refractivity contribution in [3.63, 3.8) is 0 Å². The van der Waals surface area contributed by atoms with Gasteiger partial charge in [-0.3, -0.25) is 14.5 Å². The van der Waals surface area contributed by atoms with Gasteiger partial charge in [-0.25, -0.2) is 0 Å². The van der Waals surface area contributed by atoms with Gasteiger partial charge >= 0.3 is 0 Å². The van der Waals surface area contributed by atoms with E-state index in [0.717, 1.165) is 38.6 Å². The maximum atomic E-state index is 12.3. The summed E-state index contributed by atoms with van der Waals surface area (Å²) in [6, 6.07) is 0.114. The molecule has 2 aliphatic rings. The van der Waals surface area contributed by atoms with E-state index in [-0.39, 0.29) is 23.8 Å². The van der Waals surface area contributed by atoms with Crippen LogP contribution in [0.3, 0.4) is 0 Å². The molecule has 1 heterocycles. The van der Waals surface area contributed by atoms with Crippen LogP contribution in [-0.4, -0.2) is 41.3 Å². The first kappa shape index (κ1) is 14.5. The number of piperidine rings is 1. The number of nitrogens with zero attached hydrogens (tertiary/aromatic N) is 1. The SMILES string of the molecule is CC(=O)C1CCCCN1C(C)C(=O)NC1CCCC1. The molecular formula is C15H26N2O2. The number of carbonyl (C=O) groups is 2. The Morgan fingerprint density at radius 3 is 2.37 bits per heavy atom. The Morgan fingerprint density at radius 1 is 1.11 bits per heavy atom. The predicted molar refractivity (Wildman–Crippen MR) is 74.9 cm³/mol. The molecule has 2 atom stereocenters. The molecule has 19 heavy (non-hydrogen) atoms. The van der Waals surface area contributed by atoms with Crippen LogP contribution in [0.15, 0.2) is 0 Å². The number of ketones is 1. The highest BCUT2D eigenvalue weighted by molar-refractivity contribution is 5.85. The molecule has 2 unspecified atom stereocenters. The Bertz CT molecular complexity index is 337. The smallest absolute Gasteiger partial charge is 0.237 e. The van der Waals surface area contributed by atoms with Gasteiger partial charge in [-0.1, -0.05) is 19.3 Å². The fourth-order valence-electron chi connectivity index (χ4n) is 3.40. The highest BCUT2D eigenvalue weighted by atomic mass is 16.2. The summed E-state index contributed by atoms with van der Waals surface area (Å²) in [4.78, 5) is 26.1. The number of amides is 1. The first-order valence-electron chi connectivity index (χ1n) is 7.66. The van der Waals surface area contributed by atoms with Crippen LogP contribution in [-0.2, 0) is 9.59 Å². The van der Waals surface area contributed by atoms with Gasteiger partial charge in [-0.05, 0) is 46.1 Å². The summed E-state index contributed by atoms with van der Waals surface area (Å²) in [5.74, 6) is 0.292. The van der Waals surface area contributed by atoms with E-state index in [0.29, 0.717) is 6.04 Å². The van der Waals surface area contributed by atoms with Gasteiger partial charge in [0.1, 0.15) is 5.78 Å². The van der Waals surface area contributed by atoms with Crippen molar-refractivity contribution >= 4 is 11.7 Å². The zero-order valence-corrected chi connectivity index (χ0v) is 12.2. The number of likely N-dealkylation sites (tertiary alicyclic amines) is 1. The summed E-state index contributed by atoms with van der Waals surface area (Å²) in [5.41, 5.74) is 0. The fraction of sp³-hybridized carbons (Fsp3) is 0.867. The summed E-state index contributed by atoms with van der Waals surface area (Å²) in [5, 5.41) is 3.14. The summed E-state index contributed by atoms with van der Waals surface area (Å²) < 4.78 is 0. The van der Waals surface area contributed by atoms with Crippen molar-refractivity contribution in [3.8, 4) is 0 Å². The maximum Gasteiger partial charge on any atom is 0.237 e. The topological polar surface area (TPSA) is 49.4 Å². The van der Waals surface area contributed by atoms with Gasteiger partial charge in [0.25, 0.3) is 0 Å². The van der Waals surface area contributed by atoms with Crippen molar-refractivity contribution < 1.29 is 9.59 Å². The third-order valence-electron chi connectivity index (χ3n) is 4.59. The zero-order valence-electron chi connectivity index (χ0n) is 12.2. The standard InChI is InChI=1S/C15H26N2O2/c1-11(15(19)16-13-7-3-4-8-13)17-10-6-5-9-14(17)12(2)18/h11,13-14H,3-10H2,1-2H3,(H,16,19). The van der Waals surface area contributed by atoms with Gasteiger partial charge in [-0.15, -0.1) is 0 Å². The number of nitrogens with one attached hydrogen (secondary N) is 1. The molecule has 0 radical (unpaired) electrons. The summed E-state index contributed by atoms with van der Waals surface area (Å²) in [6.07, 6.45) is 7.74. The fourth-order valence-corrected chi connectivity index (χ4v) is 3.40. The van der Waals surface area contributed by atoms with Crippen LogP contribution < -0.4 is 5.32 Å². The summed E-state index contributed by atoms with van der Waals surface area (Å²) in [6.45, 7) is 4.44. The molecule has 108 valence electrons. The van der Waals surface area contributed by atoms with E-state index in [1.165, 1.54) is 12.8 Å². The second kappa shape index (κ2) is 6.51. The summed E-state index contributed by atoms with van der Waals surface area (Å²) >= 11 is 0. The third kappa shape index (κ3) is 3.56. The molecule has 0 aromatic rings. The Balaban J connectivity index is 1.93. The Labute approximate surface area is 115 Å². The lowest BCUT2D eigenvalue weighted by Gasteiger charge is -2.38. The largest absolute Gasteiger partial charge is 0.352 e. The maximum absolute atomic E-state index is 12.3. The van der Waals surface area contributed by atoms with E-state index in [4.69, 9.17) is 0 Å². The molecule has 2 fully saturated rings. The lowest BCUT2D eigenvalue weighted by molar-refractivity contribution is -0.132. The zero-order chi connectivity index (χ0) is 13.8. The molecule has 1 saturated heterocycles. The molecule has 1 saturated carbocycles. The molecule has 1 N–H and O–H groups in total. The molecule has 1 amide bonds. The van der Waals surface area contributed by atoms with E-state index in [9.17, 15) is 9.59 Å². The van der Waals surface area contributed by atoms with Crippen molar-refractivity contribution in [1.82, 2.24) is 10.2 Å². The number of hydrogen-bond donors (Lipinski definition) is 1. The molecule has 0 aromatic carbocycles. The van der Waals surface area contributed by atoms with Crippen LogP contribution in [0.1, 0.15) is 58.8 Å². The van der Waals surface area contributed by atoms with Crippen LogP contribution in [0.2, 0.25) is 0 Å². The quantitative estimate of drug-likeness (QED) is 0.845. The number of Topliss-reactive ketones (excluding diaryl/α,β-unsaturated/α-hetero) is 1. The minimum atomic E-state index is -0.185. The molecule has 4 heteroatoms. The summed E-state index contributed by atoms with van der Waals surface area (Å²) in [7, 11) is 0. The van der Waals surface area contributed by atoms with Gasteiger partial charge in [0, 0.05) is 6.04 Å². The lowest BCUT2D eigenvalue weighted by atomic mass is 9.97. The van der Waals surface area contributed by atoms with E-state index < -0.39 is 0 Å². The van der Waals surface area contributed by atoms with Crippen LogP contribution >= 0.6 is 0 Å². The van der Waals surface area contributed by atoms with Gasteiger partial charge in [0.2, 0.25) is 5.91 Å². The van der Waals surface area contributed by atoms with Crippen molar-refractivity contribution in [2.24, 2.45) is 0 Å². The highest BCUT2D eigenvalue weighted by Crippen LogP contribution is 2.22. The average Bonchev–Trinajstić information content (AvgIpc) is 2.90. The molecule has 0 aromatic heterocycles. The first-order chi connectivity index (χ1) is 9.09. The molecule has 1 aliphatic heterocycles. The molecule has 0 spiro atoms.